The molecule has 1 aliphatic heterocycles. The Bertz CT molecular complexity index is 154. The summed E-state index contributed by atoms with van der Waals surface area (Å²) in [5.74, 6) is -1.38. The van der Waals surface area contributed by atoms with Gasteiger partial charge < -0.3 is 4.74 Å². The van der Waals surface area contributed by atoms with E-state index in [2.05, 4.69) is 0 Å². The lowest BCUT2D eigenvalue weighted by atomic mass is 10.0. The molecule has 2 atom stereocenters. The van der Waals surface area contributed by atoms with Gasteiger partial charge in [0.05, 0.1) is 12.2 Å². The van der Waals surface area contributed by atoms with Crippen molar-refractivity contribution in [1.82, 2.24) is 0 Å². The van der Waals surface area contributed by atoms with Gasteiger partial charge in [-0.15, -0.1) is 0 Å². The van der Waals surface area contributed by atoms with E-state index in [4.69, 9.17) is 4.74 Å². The zero-order valence-electron chi connectivity index (χ0n) is 6.06. The molecule has 4 heteroatoms. The second-order valence-electron chi connectivity index (χ2n) is 2.61. The van der Waals surface area contributed by atoms with Crippen LogP contribution in [0.25, 0.3) is 0 Å². The SMILES string of the molecule is CC(C1CC=CO1)C(F)(F)F. The number of hydrogen-bond acceptors (Lipinski definition) is 1. The van der Waals surface area contributed by atoms with Gasteiger partial charge in [-0.2, -0.15) is 13.2 Å². The van der Waals surface area contributed by atoms with E-state index in [-0.39, 0.29) is 0 Å². The average molecular weight is 166 g/mol. The van der Waals surface area contributed by atoms with Crippen molar-refractivity contribution in [3.63, 3.8) is 0 Å². The van der Waals surface area contributed by atoms with Gasteiger partial charge in [0.25, 0.3) is 0 Å². The van der Waals surface area contributed by atoms with Crippen LogP contribution in [-0.4, -0.2) is 12.3 Å². The van der Waals surface area contributed by atoms with Crippen molar-refractivity contribution in [2.45, 2.75) is 25.6 Å². The molecule has 1 rings (SSSR count). The smallest absolute Gasteiger partial charge is 0.395 e. The molecule has 0 saturated heterocycles. The Kier molecular flexibility index (Phi) is 2.11. The molecule has 0 saturated carbocycles. The molecule has 0 fully saturated rings. The molecule has 0 aromatic heterocycles. The van der Waals surface area contributed by atoms with Crippen LogP contribution in [0.15, 0.2) is 12.3 Å². The summed E-state index contributed by atoms with van der Waals surface area (Å²) < 4.78 is 40.7. The maximum atomic E-state index is 12.0. The fraction of sp³-hybridized carbons (Fsp3) is 0.714. The molecule has 0 aromatic rings. The zero-order valence-corrected chi connectivity index (χ0v) is 6.06. The Balaban J connectivity index is 2.48. The quantitative estimate of drug-likeness (QED) is 0.581. The molecule has 0 N–H and O–H groups in total. The molecular formula is C7H9F3O. The molecule has 0 bridgehead atoms. The molecule has 0 aliphatic carbocycles. The predicted octanol–water partition coefficient (Wildman–Crippen LogP) is 2.49. The maximum Gasteiger partial charge on any atom is 0.395 e. The summed E-state index contributed by atoms with van der Waals surface area (Å²) in [5, 5.41) is 0. The second kappa shape index (κ2) is 2.75. The standard InChI is InChI=1S/C7H9F3O/c1-5(7(8,9)10)6-3-2-4-11-6/h2,4-6H,3H2,1H3. The highest BCUT2D eigenvalue weighted by Crippen LogP contribution is 2.32. The number of rotatable bonds is 1. The summed E-state index contributed by atoms with van der Waals surface area (Å²) in [4.78, 5) is 0. The fourth-order valence-electron chi connectivity index (χ4n) is 0.934. The van der Waals surface area contributed by atoms with Crippen LogP contribution in [-0.2, 0) is 4.74 Å². The number of alkyl halides is 3. The lowest BCUT2D eigenvalue weighted by molar-refractivity contribution is -0.192. The Morgan fingerprint density at radius 2 is 2.18 bits per heavy atom. The van der Waals surface area contributed by atoms with Gasteiger partial charge in [-0.25, -0.2) is 0 Å². The van der Waals surface area contributed by atoms with Crippen molar-refractivity contribution in [1.29, 1.82) is 0 Å². The largest absolute Gasteiger partial charge is 0.497 e. The van der Waals surface area contributed by atoms with Gasteiger partial charge in [0.15, 0.2) is 0 Å². The van der Waals surface area contributed by atoms with Crippen molar-refractivity contribution in [3.8, 4) is 0 Å². The van der Waals surface area contributed by atoms with Crippen LogP contribution >= 0.6 is 0 Å². The first-order chi connectivity index (χ1) is 5.02. The first-order valence-electron chi connectivity index (χ1n) is 3.39. The van der Waals surface area contributed by atoms with Gasteiger partial charge in [0.1, 0.15) is 6.10 Å². The summed E-state index contributed by atoms with van der Waals surface area (Å²) in [6, 6.07) is 0. The number of ether oxygens (including phenoxy) is 1. The van der Waals surface area contributed by atoms with Gasteiger partial charge in [-0.1, -0.05) is 6.92 Å². The van der Waals surface area contributed by atoms with Crippen LogP contribution in [0.1, 0.15) is 13.3 Å². The summed E-state index contributed by atoms with van der Waals surface area (Å²) in [6.45, 7) is 1.14. The van der Waals surface area contributed by atoms with Gasteiger partial charge >= 0.3 is 6.18 Å². The van der Waals surface area contributed by atoms with Crippen LogP contribution < -0.4 is 0 Å². The molecule has 64 valence electrons. The molecule has 0 spiro atoms. The Morgan fingerprint density at radius 1 is 1.55 bits per heavy atom. The highest BCUT2D eigenvalue weighted by Gasteiger charge is 2.42. The van der Waals surface area contributed by atoms with Crippen molar-refractivity contribution in [2.75, 3.05) is 0 Å². The lowest BCUT2D eigenvalue weighted by Gasteiger charge is -2.21. The first-order valence-corrected chi connectivity index (χ1v) is 3.39. The molecule has 1 heterocycles. The third-order valence-corrected chi connectivity index (χ3v) is 1.79. The van der Waals surface area contributed by atoms with E-state index in [0.29, 0.717) is 6.42 Å². The number of halogens is 3. The second-order valence-corrected chi connectivity index (χ2v) is 2.61. The van der Waals surface area contributed by atoms with Crippen LogP contribution in [0.4, 0.5) is 13.2 Å². The summed E-state index contributed by atoms with van der Waals surface area (Å²) in [7, 11) is 0. The third kappa shape index (κ3) is 1.88. The van der Waals surface area contributed by atoms with Gasteiger partial charge in [0.2, 0.25) is 0 Å². The summed E-state index contributed by atoms with van der Waals surface area (Å²) in [6.07, 6.45) is -1.56. The Labute approximate surface area is 62.8 Å². The molecule has 2 unspecified atom stereocenters. The van der Waals surface area contributed by atoms with E-state index >= 15 is 0 Å². The highest BCUT2D eigenvalue weighted by molar-refractivity contribution is 4.90. The monoisotopic (exact) mass is 166 g/mol. The van der Waals surface area contributed by atoms with Gasteiger partial charge in [-0.3, -0.25) is 0 Å². The van der Waals surface area contributed by atoms with Crippen LogP contribution in [0, 0.1) is 5.92 Å². The number of hydrogen-bond donors (Lipinski definition) is 0. The summed E-state index contributed by atoms with van der Waals surface area (Å²) in [5.41, 5.74) is 0. The third-order valence-electron chi connectivity index (χ3n) is 1.79. The van der Waals surface area contributed by atoms with Gasteiger partial charge in [-0.05, 0) is 6.08 Å². The molecule has 0 aromatic carbocycles. The fourth-order valence-corrected chi connectivity index (χ4v) is 0.934. The van der Waals surface area contributed by atoms with E-state index in [9.17, 15) is 13.2 Å². The van der Waals surface area contributed by atoms with E-state index in [1.165, 1.54) is 6.26 Å². The van der Waals surface area contributed by atoms with Crippen molar-refractivity contribution >= 4 is 0 Å². The topological polar surface area (TPSA) is 9.23 Å². The minimum absolute atomic E-state index is 0.362. The molecular weight excluding hydrogens is 157 g/mol. The normalized spacial score (nSPS) is 26.7. The lowest BCUT2D eigenvalue weighted by Crippen LogP contribution is -2.31. The van der Waals surface area contributed by atoms with E-state index in [1.807, 2.05) is 0 Å². The van der Waals surface area contributed by atoms with Gasteiger partial charge in [0, 0.05) is 6.42 Å². The molecule has 1 nitrogen and oxygen atoms in total. The predicted molar refractivity (Wildman–Crippen MR) is 33.8 cm³/mol. The van der Waals surface area contributed by atoms with Crippen LogP contribution in [0.5, 0.6) is 0 Å². The molecule has 11 heavy (non-hydrogen) atoms. The highest BCUT2D eigenvalue weighted by atomic mass is 19.4. The van der Waals surface area contributed by atoms with E-state index in [1.54, 1.807) is 6.08 Å². The van der Waals surface area contributed by atoms with E-state index < -0.39 is 18.2 Å². The van der Waals surface area contributed by atoms with Crippen LogP contribution in [0.3, 0.4) is 0 Å². The Hall–Kier alpha value is -0.670. The zero-order chi connectivity index (χ0) is 8.48. The minimum Gasteiger partial charge on any atom is -0.497 e. The molecule has 0 radical (unpaired) electrons. The van der Waals surface area contributed by atoms with Crippen LogP contribution in [0.2, 0.25) is 0 Å². The van der Waals surface area contributed by atoms with Crippen molar-refractivity contribution < 1.29 is 17.9 Å². The molecule has 1 aliphatic rings. The molecule has 0 amide bonds. The minimum atomic E-state index is -4.14. The van der Waals surface area contributed by atoms with Crippen molar-refractivity contribution in [2.24, 2.45) is 5.92 Å². The maximum absolute atomic E-state index is 12.0. The van der Waals surface area contributed by atoms with E-state index in [0.717, 1.165) is 6.92 Å². The first kappa shape index (κ1) is 8.43. The van der Waals surface area contributed by atoms with Crippen molar-refractivity contribution in [3.05, 3.63) is 12.3 Å². The summed E-state index contributed by atoms with van der Waals surface area (Å²) >= 11 is 0. The average Bonchev–Trinajstić information content (AvgIpc) is 2.34. The Morgan fingerprint density at radius 3 is 2.55 bits per heavy atom.